The molecule has 6 nitrogen and oxygen atoms in total. The number of carboxylic acid groups (broad SMARTS) is 1. The molecule has 0 unspecified atom stereocenters. The number of nitrogens with zero attached hydrogens (tertiary/aromatic N) is 2. The standard InChI is InChI=1S/C14H20N2O4/c1-14(2,3)9-4-6-16(7-5-9)12(17)10-8-11(13(18)19)20-15-10/h8-9H,4-7H2,1-3H3,(H,18,19). The molecule has 20 heavy (non-hydrogen) atoms. The van der Waals surface area contributed by atoms with Crippen LogP contribution < -0.4 is 0 Å². The lowest BCUT2D eigenvalue weighted by molar-refractivity contribution is 0.0594. The molecule has 0 aromatic carbocycles. The van der Waals surface area contributed by atoms with Gasteiger partial charge in [0.05, 0.1) is 0 Å². The van der Waals surface area contributed by atoms with Gasteiger partial charge in [-0.15, -0.1) is 0 Å². The minimum absolute atomic E-state index is 0.0663. The second-order valence-corrected chi connectivity index (χ2v) is 6.31. The lowest BCUT2D eigenvalue weighted by atomic mass is 9.75. The molecule has 0 aliphatic carbocycles. The molecule has 1 amide bonds. The lowest BCUT2D eigenvalue weighted by Gasteiger charge is -2.38. The summed E-state index contributed by atoms with van der Waals surface area (Å²) >= 11 is 0. The Balaban J connectivity index is 1.99. The monoisotopic (exact) mass is 280 g/mol. The van der Waals surface area contributed by atoms with Crippen LogP contribution in [0.5, 0.6) is 0 Å². The van der Waals surface area contributed by atoms with Crippen molar-refractivity contribution in [3.63, 3.8) is 0 Å². The van der Waals surface area contributed by atoms with E-state index in [9.17, 15) is 9.59 Å². The van der Waals surface area contributed by atoms with E-state index >= 15 is 0 Å². The van der Waals surface area contributed by atoms with Crippen LogP contribution in [0.2, 0.25) is 0 Å². The predicted molar refractivity (Wildman–Crippen MR) is 71.5 cm³/mol. The Morgan fingerprint density at radius 3 is 2.40 bits per heavy atom. The molecule has 1 aromatic rings. The summed E-state index contributed by atoms with van der Waals surface area (Å²) < 4.78 is 4.62. The van der Waals surface area contributed by atoms with E-state index < -0.39 is 5.97 Å². The van der Waals surface area contributed by atoms with Gasteiger partial charge in [-0.25, -0.2) is 4.79 Å². The number of carboxylic acids is 1. The van der Waals surface area contributed by atoms with Crippen LogP contribution in [0.4, 0.5) is 0 Å². The van der Waals surface area contributed by atoms with Crippen LogP contribution in [-0.2, 0) is 0 Å². The third-order valence-electron chi connectivity index (χ3n) is 3.95. The van der Waals surface area contributed by atoms with Gasteiger partial charge in [-0.05, 0) is 24.2 Å². The van der Waals surface area contributed by atoms with E-state index in [2.05, 4.69) is 30.5 Å². The van der Waals surface area contributed by atoms with Crippen LogP contribution in [0.25, 0.3) is 0 Å². The average molecular weight is 280 g/mol. The van der Waals surface area contributed by atoms with E-state index in [4.69, 9.17) is 5.11 Å². The summed E-state index contributed by atoms with van der Waals surface area (Å²) in [4.78, 5) is 24.6. The van der Waals surface area contributed by atoms with Gasteiger partial charge < -0.3 is 14.5 Å². The summed E-state index contributed by atoms with van der Waals surface area (Å²) in [5, 5.41) is 12.3. The molecule has 1 aromatic heterocycles. The van der Waals surface area contributed by atoms with Crippen molar-refractivity contribution in [2.45, 2.75) is 33.6 Å². The first kappa shape index (κ1) is 14.6. The Morgan fingerprint density at radius 1 is 1.35 bits per heavy atom. The van der Waals surface area contributed by atoms with Gasteiger partial charge in [0.15, 0.2) is 5.69 Å². The van der Waals surface area contributed by atoms with Gasteiger partial charge in [0.2, 0.25) is 5.76 Å². The van der Waals surface area contributed by atoms with Crippen molar-refractivity contribution in [3.8, 4) is 0 Å². The first-order chi connectivity index (χ1) is 9.29. The summed E-state index contributed by atoms with van der Waals surface area (Å²) in [5.74, 6) is -1.19. The number of hydrogen-bond donors (Lipinski definition) is 1. The van der Waals surface area contributed by atoms with Crippen LogP contribution in [0, 0.1) is 11.3 Å². The number of carbonyl (C=O) groups is 2. The summed E-state index contributed by atoms with van der Waals surface area (Å²) in [6.45, 7) is 8.00. The van der Waals surface area contributed by atoms with Gasteiger partial charge in [0.1, 0.15) is 0 Å². The Kier molecular flexibility index (Phi) is 3.83. The van der Waals surface area contributed by atoms with Crippen molar-refractivity contribution >= 4 is 11.9 Å². The second-order valence-electron chi connectivity index (χ2n) is 6.31. The van der Waals surface area contributed by atoms with Crippen LogP contribution in [0.1, 0.15) is 54.7 Å². The van der Waals surface area contributed by atoms with Crippen molar-refractivity contribution in [2.75, 3.05) is 13.1 Å². The molecule has 0 saturated carbocycles. The topological polar surface area (TPSA) is 83.6 Å². The molecule has 1 aliphatic heterocycles. The highest BCUT2D eigenvalue weighted by molar-refractivity contribution is 5.94. The maximum Gasteiger partial charge on any atom is 0.374 e. The molecule has 0 spiro atoms. The maximum atomic E-state index is 12.2. The van der Waals surface area contributed by atoms with E-state index in [0.29, 0.717) is 19.0 Å². The fourth-order valence-electron chi connectivity index (χ4n) is 2.59. The van der Waals surface area contributed by atoms with E-state index in [-0.39, 0.29) is 22.8 Å². The molecule has 2 rings (SSSR count). The third-order valence-corrected chi connectivity index (χ3v) is 3.95. The molecule has 0 radical (unpaired) electrons. The number of aromatic nitrogens is 1. The van der Waals surface area contributed by atoms with E-state index in [1.165, 1.54) is 6.07 Å². The highest BCUT2D eigenvalue weighted by Gasteiger charge is 2.31. The quantitative estimate of drug-likeness (QED) is 0.898. The fourth-order valence-corrected chi connectivity index (χ4v) is 2.59. The van der Waals surface area contributed by atoms with Gasteiger partial charge in [-0.1, -0.05) is 25.9 Å². The highest BCUT2D eigenvalue weighted by atomic mass is 16.5. The van der Waals surface area contributed by atoms with Crippen molar-refractivity contribution in [1.82, 2.24) is 10.1 Å². The number of likely N-dealkylation sites (tertiary alicyclic amines) is 1. The van der Waals surface area contributed by atoms with Crippen molar-refractivity contribution in [3.05, 3.63) is 17.5 Å². The number of hydrogen-bond acceptors (Lipinski definition) is 4. The smallest absolute Gasteiger partial charge is 0.374 e. The molecule has 0 atom stereocenters. The first-order valence-corrected chi connectivity index (χ1v) is 6.78. The molecule has 1 saturated heterocycles. The highest BCUT2D eigenvalue weighted by Crippen LogP contribution is 2.34. The zero-order valence-electron chi connectivity index (χ0n) is 12.0. The van der Waals surface area contributed by atoms with E-state index in [1.807, 2.05) is 0 Å². The fraction of sp³-hybridized carbons (Fsp3) is 0.643. The molecule has 1 N–H and O–H groups in total. The summed E-state index contributed by atoms with van der Waals surface area (Å²) in [5.41, 5.74) is 0.316. The Labute approximate surface area is 117 Å². The zero-order chi connectivity index (χ0) is 14.9. The van der Waals surface area contributed by atoms with Crippen LogP contribution in [0.15, 0.2) is 10.6 Å². The SMILES string of the molecule is CC(C)(C)C1CCN(C(=O)c2cc(C(=O)O)on2)CC1. The summed E-state index contributed by atoms with van der Waals surface area (Å²) in [6.07, 6.45) is 1.91. The first-order valence-electron chi connectivity index (χ1n) is 6.78. The van der Waals surface area contributed by atoms with Gasteiger partial charge in [0.25, 0.3) is 5.91 Å². The molecule has 0 bridgehead atoms. The second kappa shape index (κ2) is 5.26. The minimum atomic E-state index is -1.22. The normalized spacial score (nSPS) is 17.2. The van der Waals surface area contributed by atoms with Crippen molar-refractivity contribution < 1.29 is 19.2 Å². The Hall–Kier alpha value is -1.85. The van der Waals surface area contributed by atoms with Crippen LogP contribution in [0.3, 0.4) is 0 Å². The molecular formula is C14H20N2O4. The number of aromatic carboxylic acids is 1. The van der Waals surface area contributed by atoms with Crippen LogP contribution >= 0.6 is 0 Å². The maximum absolute atomic E-state index is 12.2. The van der Waals surface area contributed by atoms with Crippen LogP contribution in [-0.4, -0.2) is 40.1 Å². The van der Waals surface area contributed by atoms with Crippen molar-refractivity contribution in [2.24, 2.45) is 11.3 Å². The Bertz CT molecular complexity index is 507. The number of carbonyl (C=O) groups excluding carboxylic acids is 1. The largest absolute Gasteiger partial charge is 0.475 e. The molecule has 2 heterocycles. The third kappa shape index (κ3) is 3.00. The minimum Gasteiger partial charge on any atom is -0.475 e. The zero-order valence-corrected chi connectivity index (χ0v) is 12.0. The average Bonchev–Trinajstić information content (AvgIpc) is 2.86. The molecule has 1 fully saturated rings. The molecule has 6 heteroatoms. The van der Waals surface area contributed by atoms with Crippen molar-refractivity contribution in [1.29, 1.82) is 0 Å². The molecule has 110 valence electrons. The molecular weight excluding hydrogens is 260 g/mol. The van der Waals surface area contributed by atoms with Gasteiger partial charge in [-0.3, -0.25) is 4.79 Å². The summed E-state index contributed by atoms with van der Waals surface area (Å²) in [6, 6.07) is 1.18. The van der Waals surface area contributed by atoms with Gasteiger partial charge in [0, 0.05) is 19.2 Å². The van der Waals surface area contributed by atoms with E-state index in [0.717, 1.165) is 12.8 Å². The lowest BCUT2D eigenvalue weighted by Crippen LogP contribution is -2.41. The number of rotatable bonds is 2. The number of piperidine rings is 1. The summed E-state index contributed by atoms with van der Waals surface area (Å²) in [7, 11) is 0. The van der Waals surface area contributed by atoms with Gasteiger partial charge >= 0.3 is 5.97 Å². The van der Waals surface area contributed by atoms with E-state index in [1.54, 1.807) is 4.90 Å². The van der Waals surface area contributed by atoms with Gasteiger partial charge in [-0.2, -0.15) is 0 Å². The molecule has 1 aliphatic rings. The predicted octanol–water partition coefficient (Wildman–Crippen LogP) is 2.27. The Morgan fingerprint density at radius 2 is 1.95 bits per heavy atom. The number of amides is 1.